The third kappa shape index (κ3) is 2.78. The quantitative estimate of drug-likeness (QED) is 0.732. The van der Waals surface area contributed by atoms with Crippen molar-refractivity contribution in [1.82, 2.24) is 9.97 Å². The van der Waals surface area contributed by atoms with Gasteiger partial charge in [0, 0.05) is 24.0 Å². The van der Waals surface area contributed by atoms with Crippen LogP contribution in [-0.2, 0) is 6.42 Å². The second-order valence-electron chi connectivity index (χ2n) is 4.78. The smallest absolute Gasteiger partial charge is 0.139 e. The SMILES string of the molecule is CC(CCc1ccco1)Nc1ccc2cc[nH]c2n1. The number of hydrogen-bond acceptors (Lipinski definition) is 3. The lowest BCUT2D eigenvalue weighted by Crippen LogP contribution is -2.16. The minimum absolute atomic E-state index is 0.352. The van der Waals surface area contributed by atoms with Crippen LogP contribution in [0.15, 0.2) is 47.2 Å². The van der Waals surface area contributed by atoms with Gasteiger partial charge < -0.3 is 14.7 Å². The number of rotatable bonds is 5. The van der Waals surface area contributed by atoms with Crippen molar-refractivity contribution in [3.05, 3.63) is 48.6 Å². The number of aryl methyl sites for hydroxylation is 1. The highest BCUT2D eigenvalue weighted by molar-refractivity contribution is 5.77. The third-order valence-corrected chi connectivity index (χ3v) is 3.21. The molecule has 0 bridgehead atoms. The normalized spacial score (nSPS) is 12.7. The molecule has 3 aromatic heterocycles. The van der Waals surface area contributed by atoms with Gasteiger partial charge in [-0.05, 0) is 43.7 Å². The third-order valence-electron chi connectivity index (χ3n) is 3.21. The van der Waals surface area contributed by atoms with E-state index in [1.54, 1.807) is 6.26 Å². The van der Waals surface area contributed by atoms with Gasteiger partial charge in [-0.2, -0.15) is 0 Å². The highest BCUT2D eigenvalue weighted by atomic mass is 16.3. The lowest BCUT2D eigenvalue weighted by atomic mass is 10.1. The zero-order valence-corrected chi connectivity index (χ0v) is 10.9. The van der Waals surface area contributed by atoms with Gasteiger partial charge in [0.15, 0.2) is 0 Å². The van der Waals surface area contributed by atoms with Gasteiger partial charge in [-0.15, -0.1) is 0 Å². The number of fused-ring (bicyclic) bond motifs is 1. The van der Waals surface area contributed by atoms with Crippen LogP contribution in [0.3, 0.4) is 0 Å². The molecule has 19 heavy (non-hydrogen) atoms. The van der Waals surface area contributed by atoms with Crippen LogP contribution in [-0.4, -0.2) is 16.0 Å². The van der Waals surface area contributed by atoms with E-state index in [1.165, 1.54) is 0 Å². The van der Waals surface area contributed by atoms with Crippen LogP contribution in [0.4, 0.5) is 5.82 Å². The van der Waals surface area contributed by atoms with E-state index in [-0.39, 0.29) is 0 Å². The summed E-state index contributed by atoms with van der Waals surface area (Å²) in [6.45, 7) is 2.16. The second kappa shape index (κ2) is 5.18. The number of aromatic nitrogens is 2. The van der Waals surface area contributed by atoms with Gasteiger partial charge in [0.05, 0.1) is 6.26 Å². The number of aromatic amines is 1. The first-order valence-electron chi connectivity index (χ1n) is 6.54. The van der Waals surface area contributed by atoms with Crippen LogP contribution in [0.1, 0.15) is 19.1 Å². The van der Waals surface area contributed by atoms with Crippen molar-refractivity contribution in [3.63, 3.8) is 0 Å². The summed E-state index contributed by atoms with van der Waals surface area (Å²) in [6.07, 6.45) is 5.57. The zero-order chi connectivity index (χ0) is 13.1. The molecule has 0 aliphatic carbocycles. The molecule has 0 aliphatic rings. The molecule has 0 radical (unpaired) electrons. The van der Waals surface area contributed by atoms with Crippen molar-refractivity contribution < 1.29 is 4.42 Å². The lowest BCUT2D eigenvalue weighted by molar-refractivity contribution is 0.495. The molecule has 0 amide bonds. The molecule has 3 rings (SSSR count). The highest BCUT2D eigenvalue weighted by Gasteiger charge is 2.06. The van der Waals surface area contributed by atoms with Crippen LogP contribution in [0.5, 0.6) is 0 Å². The molecule has 3 aromatic rings. The maximum Gasteiger partial charge on any atom is 0.139 e. The van der Waals surface area contributed by atoms with Gasteiger partial charge in [0.25, 0.3) is 0 Å². The monoisotopic (exact) mass is 255 g/mol. The van der Waals surface area contributed by atoms with Gasteiger partial charge in [0.1, 0.15) is 17.2 Å². The summed E-state index contributed by atoms with van der Waals surface area (Å²) in [5, 5.41) is 4.55. The Morgan fingerprint density at radius 1 is 1.32 bits per heavy atom. The molecule has 0 aromatic carbocycles. The standard InChI is InChI=1S/C15H17N3O/c1-11(4-6-13-3-2-10-19-13)17-14-7-5-12-8-9-16-15(12)18-14/h2-3,5,7-11H,4,6H2,1H3,(H2,16,17,18). The number of nitrogens with zero attached hydrogens (tertiary/aromatic N) is 1. The van der Waals surface area contributed by atoms with Crippen molar-refractivity contribution in [2.75, 3.05) is 5.32 Å². The van der Waals surface area contributed by atoms with E-state index in [0.29, 0.717) is 6.04 Å². The Labute approximate surface area is 111 Å². The first-order valence-corrected chi connectivity index (χ1v) is 6.54. The van der Waals surface area contributed by atoms with E-state index in [0.717, 1.165) is 35.5 Å². The summed E-state index contributed by atoms with van der Waals surface area (Å²) in [4.78, 5) is 7.65. The highest BCUT2D eigenvalue weighted by Crippen LogP contribution is 2.15. The predicted octanol–water partition coefficient (Wildman–Crippen LogP) is 3.59. The largest absolute Gasteiger partial charge is 0.469 e. The van der Waals surface area contributed by atoms with Gasteiger partial charge in [-0.25, -0.2) is 4.98 Å². The summed E-state index contributed by atoms with van der Waals surface area (Å²) in [5.74, 6) is 1.93. The van der Waals surface area contributed by atoms with Crippen molar-refractivity contribution in [3.8, 4) is 0 Å². The van der Waals surface area contributed by atoms with Gasteiger partial charge in [0.2, 0.25) is 0 Å². The predicted molar refractivity (Wildman–Crippen MR) is 76.2 cm³/mol. The molecule has 4 nitrogen and oxygen atoms in total. The molecule has 0 aliphatic heterocycles. The van der Waals surface area contributed by atoms with Gasteiger partial charge in [-0.1, -0.05) is 0 Å². The van der Waals surface area contributed by atoms with E-state index in [4.69, 9.17) is 4.42 Å². The number of furan rings is 1. The second-order valence-corrected chi connectivity index (χ2v) is 4.78. The minimum atomic E-state index is 0.352. The fourth-order valence-electron chi connectivity index (χ4n) is 2.15. The number of nitrogens with one attached hydrogen (secondary N) is 2. The van der Waals surface area contributed by atoms with Crippen LogP contribution < -0.4 is 5.32 Å². The van der Waals surface area contributed by atoms with E-state index in [2.05, 4.69) is 28.3 Å². The molecule has 3 heterocycles. The Morgan fingerprint density at radius 2 is 2.26 bits per heavy atom. The molecule has 1 unspecified atom stereocenters. The average Bonchev–Trinajstić information content (AvgIpc) is 3.07. The van der Waals surface area contributed by atoms with Crippen molar-refractivity contribution in [1.29, 1.82) is 0 Å². The Morgan fingerprint density at radius 3 is 3.11 bits per heavy atom. The number of anilines is 1. The van der Waals surface area contributed by atoms with E-state index in [1.807, 2.05) is 30.5 Å². The summed E-state index contributed by atoms with van der Waals surface area (Å²) in [7, 11) is 0. The van der Waals surface area contributed by atoms with Crippen LogP contribution in [0, 0.1) is 0 Å². The van der Waals surface area contributed by atoms with Crippen molar-refractivity contribution >= 4 is 16.9 Å². The maximum absolute atomic E-state index is 5.33. The molecular formula is C15H17N3O. The van der Waals surface area contributed by atoms with Crippen LogP contribution in [0.25, 0.3) is 11.0 Å². The molecule has 4 heteroatoms. The van der Waals surface area contributed by atoms with E-state index in [9.17, 15) is 0 Å². The molecule has 2 N–H and O–H groups in total. The van der Waals surface area contributed by atoms with Crippen molar-refractivity contribution in [2.24, 2.45) is 0 Å². The van der Waals surface area contributed by atoms with Crippen LogP contribution >= 0.6 is 0 Å². The first kappa shape index (κ1) is 11.8. The Balaban J connectivity index is 1.60. The first-order chi connectivity index (χ1) is 9.31. The molecule has 0 fully saturated rings. The zero-order valence-electron chi connectivity index (χ0n) is 10.9. The summed E-state index contributed by atoms with van der Waals surface area (Å²) in [6, 6.07) is 10.4. The molecule has 0 spiro atoms. The number of pyridine rings is 1. The van der Waals surface area contributed by atoms with E-state index < -0.39 is 0 Å². The Hall–Kier alpha value is -2.23. The number of H-pyrrole nitrogens is 1. The summed E-state index contributed by atoms with van der Waals surface area (Å²) in [5.41, 5.74) is 0.920. The van der Waals surface area contributed by atoms with Gasteiger partial charge in [-0.3, -0.25) is 0 Å². The fraction of sp³-hybridized carbons (Fsp3) is 0.267. The fourth-order valence-corrected chi connectivity index (χ4v) is 2.15. The molecule has 98 valence electrons. The minimum Gasteiger partial charge on any atom is -0.469 e. The lowest BCUT2D eigenvalue weighted by Gasteiger charge is -2.13. The topological polar surface area (TPSA) is 53.9 Å². The van der Waals surface area contributed by atoms with Crippen LogP contribution in [0.2, 0.25) is 0 Å². The number of hydrogen-bond donors (Lipinski definition) is 2. The maximum atomic E-state index is 5.33. The van der Waals surface area contributed by atoms with Crippen molar-refractivity contribution in [2.45, 2.75) is 25.8 Å². The molecule has 0 saturated heterocycles. The molecular weight excluding hydrogens is 238 g/mol. The summed E-state index contributed by atoms with van der Waals surface area (Å²) >= 11 is 0. The average molecular weight is 255 g/mol. The molecule has 0 saturated carbocycles. The Bertz CT molecular complexity index is 642. The van der Waals surface area contributed by atoms with E-state index >= 15 is 0 Å². The summed E-state index contributed by atoms with van der Waals surface area (Å²) < 4.78 is 5.33. The van der Waals surface area contributed by atoms with Gasteiger partial charge >= 0.3 is 0 Å². The molecule has 1 atom stereocenters. The Kier molecular flexibility index (Phi) is 3.23.